The minimum absolute atomic E-state index is 0.223. The third-order valence-corrected chi connectivity index (χ3v) is 5.62. The van der Waals surface area contributed by atoms with Crippen LogP contribution in [0.5, 0.6) is 0 Å². The SMILES string of the molecule is CCn1c(N2CCN(C(=O)Nc3cc(C)ccc3C(=O)OC)CC2)nc2ccccc21. The second-order valence-electron chi connectivity index (χ2n) is 7.59. The number of imidazole rings is 1. The van der Waals surface area contributed by atoms with Gasteiger partial charge < -0.3 is 24.4 Å². The summed E-state index contributed by atoms with van der Waals surface area (Å²) in [6.07, 6.45) is 0. The molecule has 0 spiro atoms. The number of aryl methyl sites for hydroxylation is 2. The number of piperazine rings is 1. The number of carbonyl (C=O) groups excluding carboxylic acids is 2. The van der Waals surface area contributed by atoms with Crippen molar-refractivity contribution in [1.29, 1.82) is 0 Å². The van der Waals surface area contributed by atoms with E-state index in [2.05, 4.69) is 27.8 Å². The smallest absolute Gasteiger partial charge is 0.339 e. The zero-order valence-corrected chi connectivity index (χ0v) is 18.1. The van der Waals surface area contributed by atoms with Gasteiger partial charge in [-0.3, -0.25) is 0 Å². The number of carbonyl (C=O) groups is 2. The molecule has 31 heavy (non-hydrogen) atoms. The zero-order valence-electron chi connectivity index (χ0n) is 18.1. The summed E-state index contributed by atoms with van der Waals surface area (Å²) in [7, 11) is 1.33. The number of esters is 1. The predicted molar refractivity (Wildman–Crippen MR) is 121 cm³/mol. The van der Waals surface area contributed by atoms with Crippen LogP contribution in [-0.4, -0.2) is 59.7 Å². The second kappa shape index (κ2) is 8.67. The van der Waals surface area contributed by atoms with Crippen molar-refractivity contribution in [1.82, 2.24) is 14.5 Å². The highest BCUT2D eigenvalue weighted by molar-refractivity contribution is 6.01. The van der Waals surface area contributed by atoms with Crippen LogP contribution in [0.25, 0.3) is 11.0 Å². The van der Waals surface area contributed by atoms with Crippen LogP contribution < -0.4 is 10.2 Å². The molecule has 0 bridgehead atoms. The van der Waals surface area contributed by atoms with Gasteiger partial charge in [0.15, 0.2) is 0 Å². The summed E-state index contributed by atoms with van der Waals surface area (Å²) in [5.41, 5.74) is 3.86. The Kier molecular flexibility index (Phi) is 5.79. The fourth-order valence-corrected chi connectivity index (χ4v) is 3.97. The molecular weight excluding hydrogens is 394 g/mol. The number of nitrogens with zero attached hydrogens (tertiary/aromatic N) is 4. The van der Waals surface area contributed by atoms with Crippen LogP contribution in [0.4, 0.5) is 16.4 Å². The maximum atomic E-state index is 12.9. The molecule has 8 heteroatoms. The number of anilines is 2. The number of hydrogen-bond donors (Lipinski definition) is 1. The van der Waals surface area contributed by atoms with E-state index in [-0.39, 0.29) is 6.03 Å². The van der Waals surface area contributed by atoms with Crippen molar-refractivity contribution >= 4 is 34.7 Å². The molecule has 1 N–H and O–H groups in total. The van der Waals surface area contributed by atoms with E-state index in [1.807, 2.05) is 31.2 Å². The molecule has 162 valence electrons. The number of amides is 2. The van der Waals surface area contributed by atoms with Crippen LogP contribution in [0, 0.1) is 6.92 Å². The van der Waals surface area contributed by atoms with E-state index >= 15 is 0 Å². The molecular formula is C23H27N5O3. The van der Waals surface area contributed by atoms with E-state index in [4.69, 9.17) is 9.72 Å². The van der Waals surface area contributed by atoms with Crippen LogP contribution in [0.15, 0.2) is 42.5 Å². The summed E-state index contributed by atoms with van der Waals surface area (Å²) in [6.45, 7) is 7.37. The average Bonchev–Trinajstić information content (AvgIpc) is 3.17. The van der Waals surface area contributed by atoms with Crippen molar-refractivity contribution < 1.29 is 14.3 Å². The van der Waals surface area contributed by atoms with E-state index in [9.17, 15) is 9.59 Å². The summed E-state index contributed by atoms with van der Waals surface area (Å²) >= 11 is 0. The van der Waals surface area contributed by atoms with E-state index in [1.165, 1.54) is 7.11 Å². The first-order valence-electron chi connectivity index (χ1n) is 10.5. The van der Waals surface area contributed by atoms with Gasteiger partial charge in [-0.1, -0.05) is 18.2 Å². The monoisotopic (exact) mass is 421 g/mol. The molecule has 1 aliphatic rings. The van der Waals surface area contributed by atoms with E-state index in [0.29, 0.717) is 37.4 Å². The molecule has 1 aromatic heterocycles. The van der Waals surface area contributed by atoms with Crippen molar-refractivity contribution in [2.45, 2.75) is 20.4 Å². The van der Waals surface area contributed by atoms with Crippen molar-refractivity contribution in [3.05, 3.63) is 53.6 Å². The minimum atomic E-state index is -0.474. The van der Waals surface area contributed by atoms with Crippen LogP contribution in [-0.2, 0) is 11.3 Å². The lowest BCUT2D eigenvalue weighted by molar-refractivity contribution is 0.0602. The normalized spacial score (nSPS) is 14.0. The number of rotatable bonds is 4. The highest BCUT2D eigenvalue weighted by atomic mass is 16.5. The van der Waals surface area contributed by atoms with Gasteiger partial charge in [0.25, 0.3) is 0 Å². The number of hydrogen-bond acceptors (Lipinski definition) is 5. The Balaban J connectivity index is 1.46. The Morgan fingerprint density at radius 1 is 1.10 bits per heavy atom. The topological polar surface area (TPSA) is 79.7 Å². The van der Waals surface area contributed by atoms with Crippen molar-refractivity contribution in [2.75, 3.05) is 43.5 Å². The number of para-hydroxylation sites is 2. The highest BCUT2D eigenvalue weighted by Crippen LogP contribution is 2.24. The maximum absolute atomic E-state index is 12.9. The van der Waals surface area contributed by atoms with E-state index < -0.39 is 5.97 Å². The minimum Gasteiger partial charge on any atom is -0.465 e. The second-order valence-corrected chi connectivity index (χ2v) is 7.59. The number of aromatic nitrogens is 2. The van der Waals surface area contributed by atoms with Gasteiger partial charge in [-0.25, -0.2) is 14.6 Å². The molecule has 8 nitrogen and oxygen atoms in total. The standard InChI is InChI=1S/C23H27N5O3/c1-4-28-20-8-6-5-7-18(20)24-22(28)26-11-13-27(14-12-26)23(30)25-19-15-16(2)9-10-17(19)21(29)31-3/h5-10,15H,4,11-14H2,1-3H3,(H,25,30). The number of ether oxygens (including phenoxy) is 1. The number of nitrogens with one attached hydrogen (secondary N) is 1. The number of urea groups is 1. The molecule has 0 atom stereocenters. The Morgan fingerprint density at radius 3 is 2.55 bits per heavy atom. The third kappa shape index (κ3) is 4.05. The zero-order chi connectivity index (χ0) is 22.0. The largest absolute Gasteiger partial charge is 0.465 e. The molecule has 3 aromatic rings. The maximum Gasteiger partial charge on any atom is 0.339 e. The lowest BCUT2D eigenvalue weighted by Gasteiger charge is -2.35. The highest BCUT2D eigenvalue weighted by Gasteiger charge is 2.25. The molecule has 1 saturated heterocycles. The summed E-state index contributed by atoms with van der Waals surface area (Å²) in [5, 5.41) is 2.88. The molecule has 0 radical (unpaired) electrons. The molecule has 0 unspecified atom stereocenters. The van der Waals surface area contributed by atoms with Gasteiger partial charge in [-0.15, -0.1) is 0 Å². The Hall–Kier alpha value is -3.55. The van der Waals surface area contributed by atoms with Gasteiger partial charge in [0, 0.05) is 32.7 Å². The van der Waals surface area contributed by atoms with Crippen LogP contribution in [0.2, 0.25) is 0 Å². The lowest BCUT2D eigenvalue weighted by Crippen LogP contribution is -2.50. The summed E-state index contributed by atoms with van der Waals surface area (Å²) in [5.74, 6) is 0.467. The van der Waals surface area contributed by atoms with E-state index in [0.717, 1.165) is 29.1 Å². The molecule has 0 aliphatic carbocycles. The Morgan fingerprint density at radius 2 is 1.84 bits per heavy atom. The van der Waals surface area contributed by atoms with E-state index in [1.54, 1.807) is 17.0 Å². The number of methoxy groups -OCH3 is 1. The van der Waals surface area contributed by atoms with Gasteiger partial charge in [0.05, 0.1) is 29.4 Å². The molecule has 2 aromatic carbocycles. The molecule has 1 aliphatic heterocycles. The average molecular weight is 422 g/mol. The van der Waals surface area contributed by atoms with Crippen LogP contribution in [0.3, 0.4) is 0 Å². The van der Waals surface area contributed by atoms with Crippen molar-refractivity contribution in [2.24, 2.45) is 0 Å². The quantitative estimate of drug-likeness (QED) is 0.652. The van der Waals surface area contributed by atoms with Gasteiger partial charge in [0.1, 0.15) is 0 Å². The number of fused-ring (bicyclic) bond motifs is 1. The molecule has 2 amide bonds. The molecule has 2 heterocycles. The lowest BCUT2D eigenvalue weighted by atomic mass is 10.1. The van der Waals surface area contributed by atoms with Crippen molar-refractivity contribution in [3.8, 4) is 0 Å². The number of benzene rings is 2. The van der Waals surface area contributed by atoms with Gasteiger partial charge in [0.2, 0.25) is 5.95 Å². The van der Waals surface area contributed by atoms with Gasteiger partial charge in [-0.05, 0) is 43.7 Å². The Labute approximate surface area is 181 Å². The summed E-state index contributed by atoms with van der Waals surface area (Å²) in [4.78, 5) is 33.7. The predicted octanol–water partition coefficient (Wildman–Crippen LogP) is 3.51. The fraction of sp³-hybridized carbons (Fsp3) is 0.348. The van der Waals surface area contributed by atoms with Crippen LogP contribution in [0.1, 0.15) is 22.8 Å². The molecule has 1 fully saturated rings. The van der Waals surface area contributed by atoms with Crippen LogP contribution >= 0.6 is 0 Å². The summed E-state index contributed by atoms with van der Waals surface area (Å²) < 4.78 is 7.04. The van der Waals surface area contributed by atoms with Gasteiger partial charge in [-0.2, -0.15) is 0 Å². The first kappa shape index (κ1) is 20.7. The van der Waals surface area contributed by atoms with Gasteiger partial charge >= 0.3 is 12.0 Å². The summed E-state index contributed by atoms with van der Waals surface area (Å²) in [6, 6.07) is 13.2. The Bertz CT molecular complexity index is 1120. The molecule has 4 rings (SSSR count). The first-order chi connectivity index (χ1) is 15.0. The fourth-order valence-electron chi connectivity index (χ4n) is 3.97. The third-order valence-electron chi connectivity index (χ3n) is 5.62. The molecule has 0 saturated carbocycles. The van der Waals surface area contributed by atoms with Crippen molar-refractivity contribution in [3.63, 3.8) is 0 Å². The first-order valence-corrected chi connectivity index (χ1v) is 10.5.